The number of hydrogen-bond donors (Lipinski definition) is 0. The Morgan fingerprint density at radius 3 is 1.87 bits per heavy atom. The molecule has 1 atom stereocenters. The Balaban J connectivity index is 1.79. The van der Waals surface area contributed by atoms with E-state index in [-0.39, 0.29) is 4.90 Å². The molecule has 7 heteroatoms. The summed E-state index contributed by atoms with van der Waals surface area (Å²) in [4.78, 5) is 4.77. The van der Waals surface area contributed by atoms with Crippen LogP contribution in [0.25, 0.3) is 16.8 Å². The lowest BCUT2D eigenvalue weighted by Crippen LogP contribution is -2.22. The van der Waals surface area contributed by atoms with Crippen molar-refractivity contribution in [2.45, 2.75) is 51.7 Å². The average molecular weight is 641 g/mol. The molecule has 0 saturated heterocycles. The number of benzene rings is 4. The van der Waals surface area contributed by atoms with Gasteiger partial charge in [-0.05, 0) is 82.6 Å². The number of rotatable bonds is 16. The van der Waals surface area contributed by atoms with Gasteiger partial charge in [0.1, 0.15) is 16.7 Å². The van der Waals surface area contributed by atoms with Gasteiger partial charge in [0.25, 0.3) is 0 Å². The van der Waals surface area contributed by atoms with E-state index < -0.39 is 15.1 Å². The molecule has 0 aliphatic heterocycles. The maximum absolute atomic E-state index is 14.5. The van der Waals surface area contributed by atoms with E-state index in [4.69, 9.17) is 9.47 Å². The van der Waals surface area contributed by atoms with Crippen molar-refractivity contribution in [3.8, 4) is 11.5 Å². The zero-order valence-electron chi connectivity index (χ0n) is 28.1. The Morgan fingerprint density at radius 1 is 0.652 bits per heavy atom. The van der Waals surface area contributed by atoms with E-state index in [1.807, 2.05) is 86.7 Å². The molecule has 0 aliphatic rings. The first-order chi connectivity index (χ1) is 22.3. The van der Waals surface area contributed by atoms with Crippen LogP contribution in [-0.4, -0.2) is 47.8 Å². The normalized spacial score (nSPS) is 12.6. The molecule has 0 aliphatic carbocycles. The maximum atomic E-state index is 14.5. The summed E-state index contributed by atoms with van der Waals surface area (Å²) in [5.74, 6) is 1.36. The maximum Gasteiger partial charge on any atom is 0.189 e. The molecule has 4 rings (SSSR count). The third kappa shape index (κ3) is 7.94. The predicted molar refractivity (Wildman–Crippen MR) is 194 cm³/mol. The molecule has 0 aromatic heterocycles. The van der Waals surface area contributed by atoms with E-state index >= 15 is 0 Å². The largest absolute Gasteiger partial charge is 0.493 e. The summed E-state index contributed by atoms with van der Waals surface area (Å²) >= 11 is 0. The molecule has 0 heterocycles. The van der Waals surface area contributed by atoms with Gasteiger partial charge in [-0.15, -0.1) is 0 Å². The third-order valence-corrected chi connectivity index (χ3v) is 10.2. The molecule has 6 nitrogen and oxygen atoms in total. The zero-order valence-corrected chi connectivity index (χ0v) is 28.9. The Morgan fingerprint density at radius 2 is 1.24 bits per heavy atom. The van der Waals surface area contributed by atoms with Crippen molar-refractivity contribution >= 4 is 38.1 Å². The molecule has 46 heavy (non-hydrogen) atoms. The van der Waals surface area contributed by atoms with Crippen LogP contribution in [0, 0.1) is 0 Å². The van der Waals surface area contributed by atoms with E-state index in [1.165, 1.54) is 0 Å². The summed E-state index contributed by atoms with van der Waals surface area (Å²) in [6.07, 6.45) is 7.40. The van der Waals surface area contributed by atoms with Gasteiger partial charge in [0.2, 0.25) is 0 Å². The first-order valence-electron chi connectivity index (χ1n) is 16.4. The highest BCUT2D eigenvalue weighted by Gasteiger charge is 2.30. The summed E-state index contributed by atoms with van der Waals surface area (Å²) in [7, 11) is -3.86. The minimum atomic E-state index is -3.86. The van der Waals surface area contributed by atoms with E-state index in [0.717, 1.165) is 59.6 Å². The lowest BCUT2D eigenvalue weighted by molar-refractivity contribution is 0.337. The Bertz CT molecular complexity index is 1760. The van der Waals surface area contributed by atoms with Gasteiger partial charge in [0.05, 0.1) is 18.1 Å². The van der Waals surface area contributed by atoms with Gasteiger partial charge in [-0.25, -0.2) is 8.42 Å². The Labute approximate surface area is 275 Å². The molecule has 4 aromatic rings. The molecule has 0 amide bonds. The summed E-state index contributed by atoms with van der Waals surface area (Å²) in [6.45, 7) is 16.8. The number of allylic oxidation sites excluding steroid dienone is 2. The predicted octanol–water partition coefficient (Wildman–Crippen LogP) is 9.11. The molecule has 244 valence electrons. The first kappa shape index (κ1) is 34.6. The minimum absolute atomic E-state index is 0.269. The van der Waals surface area contributed by atoms with Crippen molar-refractivity contribution in [3.05, 3.63) is 108 Å². The molecule has 0 radical (unpaired) electrons. The topological polar surface area (TPSA) is 59.1 Å². The van der Waals surface area contributed by atoms with E-state index in [9.17, 15) is 8.42 Å². The van der Waals surface area contributed by atoms with Crippen LogP contribution in [0.2, 0.25) is 0 Å². The number of sulfone groups is 1. The smallest absolute Gasteiger partial charge is 0.189 e. The second kappa shape index (κ2) is 16.4. The van der Waals surface area contributed by atoms with Crippen LogP contribution in [0.15, 0.2) is 102 Å². The van der Waals surface area contributed by atoms with Crippen LogP contribution in [0.3, 0.4) is 0 Å². The number of anilines is 2. The van der Waals surface area contributed by atoms with Crippen LogP contribution in [0.5, 0.6) is 11.5 Å². The van der Waals surface area contributed by atoms with Crippen molar-refractivity contribution in [3.63, 3.8) is 0 Å². The first-order valence-corrected chi connectivity index (χ1v) is 18.0. The van der Waals surface area contributed by atoms with Crippen LogP contribution < -0.4 is 19.3 Å². The second-order valence-corrected chi connectivity index (χ2v) is 12.9. The Hall–Kier alpha value is -4.23. The van der Waals surface area contributed by atoms with Crippen molar-refractivity contribution in [2.75, 3.05) is 49.2 Å². The van der Waals surface area contributed by atoms with E-state index in [1.54, 1.807) is 18.2 Å². The van der Waals surface area contributed by atoms with Crippen LogP contribution >= 0.6 is 0 Å². The van der Waals surface area contributed by atoms with Gasteiger partial charge in [0.15, 0.2) is 9.84 Å². The lowest BCUT2D eigenvalue weighted by Gasteiger charge is -2.24. The quantitative estimate of drug-likeness (QED) is 0.114. The van der Waals surface area contributed by atoms with Gasteiger partial charge < -0.3 is 19.3 Å². The number of nitrogens with zero attached hydrogens (tertiary/aromatic N) is 2. The molecular formula is C39H48N2O4S. The SMILES string of the molecule is CCOc1cc(N(CC)CC)ccc1C=CC=CC(c1ccc(N(CC)CC)cc1OCC)S(=O)(=O)c1ccc2ccccc2c1. The monoisotopic (exact) mass is 640 g/mol. The van der Waals surface area contributed by atoms with Crippen LogP contribution in [0.4, 0.5) is 11.4 Å². The van der Waals surface area contributed by atoms with Crippen molar-refractivity contribution in [2.24, 2.45) is 0 Å². The molecule has 4 aromatic carbocycles. The van der Waals surface area contributed by atoms with Gasteiger partial charge in [-0.3, -0.25) is 0 Å². The standard InChI is InChI=1S/C39H48N2O4S/c1-7-40(8-2)33-23-21-31(37(28-33)44-11-5)18-15-16-20-39(36-26-24-34(41(9-3)10-4)29-38(36)45-12-6)46(42,43)35-25-22-30-17-13-14-19-32(30)27-35/h13-29,39H,7-12H2,1-6H3. The highest BCUT2D eigenvalue weighted by Crippen LogP contribution is 2.39. The van der Waals surface area contributed by atoms with Gasteiger partial charge in [-0.1, -0.05) is 60.7 Å². The molecule has 1 unspecified atom stereocenters. The third-order valence-electron chi connectivity index (χ3n) is 8.21. The molecule has 0 fully saturated rings. The second-order valence-electron chi connectivity index (χ2n) is 10.9. The highest BCUT2D eigenvalue weighted by molar-refractivity contribution is 7.91. The van der Waals surface area contributed by atoms with E-state index in [2.05, 4.69) is 49.6 Å². The molecule has 0 N–H and O–H groups in total. The number of fused-ring (bicyclic) bond motifs is 1. The lowest BCUT2D eigenvalue weighted by atomic mass is 10.1. The fourth-order valence-electron chi connectivity index (χ4n) is 5.74. The zero-order chi connectivity index (χ0) is 33.1. The van der Waals surface area contributed by atoms with Gasteiger partial charge in [0, 0.05) is 60.8 Å². The number of ether oxygens (including phenoxy) is 2. The Kier molecular flexibility index (Phi) is 12.3. The van der Waals surface area contributed by atoms with Crippen molar-refractivity contribution in [1.29, 1.82) is 0 Å². The van der Waals surface area contributed by atoms with Crippen molar-refractivity contribution in [1.82, 2.24) is 0 Å². The summed E-state index contributed by atoms with van der Waals surface area (Å²) in [6, 6.07) is 25.2. The fourth-order valence-corrected chi connectivity index (χ4v) is 7.41. The number of hydrogen-bond acceptors (Lipinski definition) is 6. The average Bonchev–Trinajstić information content (AvgIpc) is 3.07. The van der Waals surface area contributed by atoms with Gasteiger partial charge >= 0.3 is 0 Å². The highest BCUT2D eigenvalue weighted by atomic mass is 32.2. The summed E-state index contributed by atoms with van der Waals surface area (Å²) in [5, 5.41) is 0.902. The van der Waals surface area contributed by atoms with E-state index in [0.29, 0.717) is 24.5 Å². The molecule has 0 spiro atoms. The van der Waals surface area contributed by atoms with Crippen LogP contribution in [0.1, 0.15) is 57.9 Å². The van der Waals surface area contributed by atoms with Crippen LogP contribution in [-0.2, 0) is 9.84 Å². The summed E-state index contributed by atoms with van der Waals surface area (Å²) in [5.41, 5.74) is 3.64. The summed E-state index contributed by atoms with van der Waals surface area (Å²) < 4.78 is 41.0. The van der Waals surface area contributed by atoms with Crippen molar-refractivity contribution < 1.29 is 17.9 Å². The van der Waals surface area contributed by atoms with Gasteiger partial charge in [-0.2, -0.15) is 0 Å². The molecule has 0 saturated carbocycles. The molecular weight excluding hydrogens is 593 g/mol. The minimum Gasteiger partial charge on any atom is -0.493 e. The molecule has 0 bridgehead atoms. The fraction of sp³-hybridized carbons (Fsp3) is 0.333.